The van der Waals surface area contributed by atoms with Gasteiger partial charge in [0, 0.05) is 24.2 Å². The number of benzene rings is 2. The van der Waals surface area contributed by atoms with Gasteiger partial charge >= 0.3 is 0 Å². The first-order valence-electron chi connectivity index (χ1n) is 8.48. The number of aromatic amines is 1. The topological polar surface area (TPSA) is 114 Å². The summed E-state index contributed by atoms with van der Waals surface area (Å²) in [5.41, 5.74) is 2.75. The third-order valence-corrected chi connectivity index (χ3v) is 4.12. The van der Waals surface area contributed by atoms with E-state index in [1.54, 1.807) is 0 Å². The molecular formula is C19H19N5O3. The number of hydrogen-bond acceptors (Lipinski definition) is 6. The normalized spacial score (nSPS) is 10.8. The van der Waals surface area contributed by atoms with Crippen molar-refractivity contribution in [3.8, 4) is 0 Å². The van der Waals surface area contributed by atoms with Crippen LogP contribution in [0.1, 0.15) is 36.6 Å². The predicted octanol–water partition coefficient (Wildman–Crippen LogP) is 3.53. The van der Waals surface area contributed by atoms with Crippen molar-refractivity contribution in [2.24, 2.45) is 0 Å². The highest BCUT2D eigenvalue weighted by molar-refractivity contribution is 5.55. The van der Waals surface area contributed by atoms with Gasteiger partial charge in [-0.1, -0.05) is 38.1 Å². The van der Waals surface area contributed by atoms with E-state index < -0.39 is 4.92 Å². The summed E-state index contributed by atoms with van der Waals surface area (Å²) in [4.78, 5) is 25.1. The smallest absolute Gasteiger partial charge is 0.274 e. The van der Waals surface area contributed by atoms with Crippen LogP contribution in [0.15, 0.2) is 53.3 Å². The minimum atomic E-state index is -0.478. The summed E-state index contributed by atoms with van der Waals surface area (Å²) < 4.78 is 0. The van der Waals surface area contributed by atoms with Crippen LogP contribution in [0.2, 0.25) is 0 Å². The van der Waals surface area contributed by atoms with Crippen molar-refractivity contribution >= 4 is 17.3 Å². The molecular weight excluding hydrogens is 346 g/mol. The van der Waals surface area contributed by atoms with E-state index in [-0.39, 0.29) is 17.2 Å². The molecule has 3 rings (SSSR count). The molecule has 138 valence electrons. The van der Waals surface area contributed by atoms with E-state index >= 15 is 0 Å². The van der Waals surface area contributed by atoms with Crippen LogP contribution in [0, 0.1) is 10.1 Å². The average Bonchev–Trinajstić information content (AvgIpc) is 2.65. The molecule has 1 heterocycles. The number of H-pyrrole nitrogens is 1. The molecule has 0 unspecified atom stereocenters. The first-order chi connectivity index (χ1) is 12.9. The van der Waals surface area contributed by atoms with Crippen LogP contribution in [0.25, 0.3) is 0 Å². The highest BCUT2D eigenvalue weighted by atomic mass is 16.6. The van der Waals surface area contributed by atoms with Crippen molar-refractivity contribution in [2.45, 2.75) is 26.2 Å². The Balaban J connectivity index is 1.71. The molecule has 0 bridgehead atoms. The summed E-state index contributed by atoms with van der Waals surface area (Å²) in [7, 11) is 0. The summed E-state index contributed by atoms with van der Waals surface area (Å²) >= 11 is 0. The number of nitrogens with zero attached hydrogens (tertiary/aromatic N) is 3. The van der Waals surface area contributed by atoms with Gasteiger partial charge < -0.3 is 5.32 Å². The number of non-ortho nitro benzene ring substituents is 1. The van der Waals surface area contributed by atoms with Gasteiger partial charge in [-0.2, -0.15) is 0 Å². The van der Waals surface area contributed by atoms with Crippen molar-refractivity contribution in [1.29, 1.82) is 0 Å². The molecule has 8 heteroatoms. The molecule has 0 saturated heterocycles. The van der Waals surface area contributed by atoms with Gasteiger partial charge in [0.25, 0.3) is 11.2 Å². The maximum absolute atomic E-state index is 12.3. The van der Waals surface area contributed by atoms with Crippen molar-refractivity contribution in [2.75, 3.05) is 5.32 Å². The fourth-order valence-electron chi connectivity index (χ4n) is 2.55. The number of nitrogens with one attached hydrogen (secondary N) is 2. The fourth-order valence-corrected chi connectivity index (χ4v) is 2.55. The van der Waals surface area contributed by atoms with E-state index in [0.29, 0.717) is 23.7 Å². The highest BCUT2D eigenvalue weighted by Gasteiger charge is 2.08. The number of hydrogen-bond donors (Lipinski definition) is 2. The Labute approximate surface area is 155 Å². The Morgan fingerprint density at radius 3 is 2.30 bits per heavy atom. The summed E-state index contributed by atoms with van der Waals surface area (Å²) in [5, 5.41) is 21.5. The van der Waals surface area contributed by atoms with Gasteiger partial charge in [-0.3, -0.25) is 19.9 Å². The molecule has 2 N–H and O–H groups in total. The molecule has 0 atom stereocenters. The minimum absolute atomic E-state index is 0.0149. The van der Waals surface area contributed by atoms with Crippen molar-refractivity contribution in [3.05, 3.63) is 85.8 Å². The van der Waals surface area contributed by atoms with Crippen molar-refractivity contribution in [1.82, 2.24) is 15.2 Å². The van der Waals surface area contributed by atoms with Crippen LogP contribution in [-0.2, 0) is 6.42 Å². The van der Waals surface area contributed by atoms with Crippen LogP contribution in [0.3, 0.4) is 0 Å². The van der Waals surface area contributed by atoms with E-state index in [1.807, 2.05) is 24.3 Å². The Hall–Kier alpha value is -3.55. The maximum Gasteiger partial charge on any atom is 0.274 e. The lowest BCUT2D eigenvalue weighted by atomic mass is 10.0. The Morgan fingerprint density at radius 1 is 1.07 bits per heavy atom. The van der Waals surface area contributed by atoms with E-state index in [2.05, 4.69) is 34.3 Å². The van der Waals surface area contributed by atoms with Crippen LogP contribution >= 0.6 is 0 Å². The molecule has 0 radical (unpaired) electrons. The SMILES string of the molecule is CC(C)c1ccc(Cc2nnc(Nc3ccc([N+](=O)[O-])cc3)[nH]c2=O)cc1. The Bertz CT molecular complexity index is 995. The zero-order chi connectivity index (χ0) is 19.4. The van der Waals surface area contributed by atoms with Gasteiger partial charge in [0.2, 0.25) is 5.95 Å². The molecule has 8 nitrogen and oxygen atoms in total. The van der Waals surface area contributed by atoms with Crippen LogP contribution in [-0.4, -0.2) is 20.1 Å². The van der Waals surface area contributed by atoms with Crippen LogP contribution in [0.4, 0.5) is 17.3 Å². The standard InChI is InChI=1S/C19H19N5O3/c1-12(2)14-5-3-13(4-6-14)11-17-18(25)21-19(23-22-17)20-15-7-9-16(10-8-15)24(26)27/h3-10,12H,11H2,1-2H3,(H2,20,21,23,25). The second-order valence-electron chi connectivity index (χ2n) is 6.45. The number of aromatic nitrogens is 3. The molecule has 27 heavy (non-hydrogen) atoms. The lowest BCUT2D eigenvalue weighted by Gasteiger charge is -2.07. The van der Waals surface area contributed by atoms with E-state index in [0.717, 1.165) is 5.56 Å². The predicted molar refractivity (Wildman–Crippen MR) is 102 cm³/mol. The van der Waals surface area contributed by atoms with Gasteiger partial charge in [0.05, 0.1) is 4.92 Å². The first kappa shape index (κ1) is 18.2. The van der Waals surface area contributed by atoms with Gasteiger partial charge in [-0.15, -0.1) is 10.2 Å². The second-order valence-corrected chi connectivity index (χ2v) is 6.45. The summed E-state index contributed by atoms with van der Waals surface area (Å²) in [6.45, 7) is 4.25. The Morgan fingerprint density at radius 2 is 1.74 bits per heavy atom. The van der Waals surface area contributed by atoms with Gasteiger partial charge in [0.1, 0.15) is 5.69 Å². The first-order valence-corrected chi connectivity index (χ1v) is 8.48. The molecule has 0 aliphatic heterocycles. The summed E-state index contributed by atoms with van der Waals surface area (Å²) in [6, 6.07) is 13.9. The molecule has 1 aromatic heterocycles. The number of rotatable bonds is 6. The fraction of sp³-hybridized carbons (Fsp3) is 0.211. The summed E-state index contributed by atoms with van der Waals surface area (Å²) in [6.07, 6.45) is 0.387. The zero-order valence-electron chi connectivity index (χ0n) is 15.0. The molecule has 0 aliphatic carbocycles. The van der Waals surface area contributed by atoms with Gasteiger partial charge in [-0.05, 0) is 29.2 Å². The summed E-state index contributed by atoms with van der Waals surface area (Å²) in [5.74, 6) is 0.625. The molecule has 3 aromatic rings. The van der Waals surface area contributed by atoms with Crippen LogP contribution in [0.5, 0.6) is 0 Å². The van der Waals surface area contributed by atoms with E-state index in [4.69, 9.17) is 0 Å². The monoisotopic (exact) mass is 365 g/mol. The molecule has 0 saturated carbocycles. The third kappa shape index (κ3) is 4.55. The van der Waals surface area contributed by atoms with Gasteiger partial charge in [-0.25, -0.2) is 0 Å². The molecule has 0 spiro atoms. The Kier molecular flexibility index (Phi) is 5.25. The number of nitro groups is 1. The molecule has 2 aromatic carbocycles. The largest absolute Gasteiger partial charge is 0.324 e. The maximum atomic E-state index is 12.3. The quantitative estimate of drug-likeness (QED) is 0.510. The average molecular weight is 365 g/mol. The second kappa shape index (κ2) is 7.77. The van der Waals surface area contributed by atoms with Crippen molar-refractivity contribution < 1.29 is 4.92 Å². The van der Waals surface area contributed by atoms with Gasteiger partial charge in [0.15, 0.2) is 0 Å². The van der Waals surface area contributed by atoms with Crippen molar-refractivity contribution in [3.63, 3.8) is 0 Å². The number of nitro benzene ring substituents is 1. The zero-order valence-corrected chi connectivity index (χ0v) is 15.0. The lowest BCUT2D eigenvalue weighted by molar-refractivity contribution is -0.384. The number of anilines is 2. The minimum Gasteiger partial charge on any atom is -0.324 e. The van der Waals surface area contributed by atoms with E-state index in [1.165, 1.54) is 29.8 Å². The molecule has 0 amide bonds. The van der Waals surface area contributed by atoms with E-state index in [9.17, 15) is 14.9 Å². The highest BCUT2D eigenvalue weighted by Crippen LogP contribution is 2.18. The lowest BCUT2D eigenvalue weighted by Crippen LogP contribution is -2.18. The molecule has 0 fully saturated rings. The molecule has 0 aliphatic rings. The third-order valence-electron chi connectivity index (χ3n) is 4.12. The van der Waals surface area contributed by atoms with Crippen LogP contribution < -0.4 is 10.9 Å².